The number of hydrogen-bond acceptors (Lipinski definition) is 7. The second-order valence-corrected chi connectivity index (χ2v) is 11.6. The van der Waals surface area contributed by atoms with Crippen LogP contribution in [0.15, 0.2) is 42.5 Å². The van der Waals surface area contributed by atoms with Gasteiger partial charge in [0.2, 0.25) is 0 Å². The summed E-state index contributed by atoms with van der Waals surface area (Å²) >= 11 is 1.68. The third kappa shape index (κ3) is 5.92. The van der Waals surface area contributed by atoms with E-state index in [9.17, 15) is 4.79 Å². The number of nitrogens with two attached hydrogens (primary N) is 2. The fraction of sp³-hybridized carbons (Fsp3) is 0.393. The number of anilines is 2. The number of methoxy groups -OCH3 is 1. The van der Waals surface area contributed by atoms with Crippen molar-refractivity contribution in [2.45, 2.75) is 53.8 Å². The van der Waals surface area contributed by atoms with Gasteiger partial charge in [-0.25, -0.2) is 5.84 Å². The van der Waals surface area contributed by atoms with Gasteiger partial charge in [-0.1, -0.05) is 30.3 Å². The van der Waals surface area contributed by atoms with Crippen LogP contribution in [0.4, 0.5) is 11.4 Å². The Bertz CT molecular complexity index is 1210. The number of hydrazine groups is 1. The van der Waals surface area contributed by atoms with Gasteiger partial charge in [-0.05, 0) is 74.3 Å². The molecule has 0 saturated carbocycles. The van der Waals surface area contributed by atoms with Crippen LogP contribution in [0.3, 0.4) is 0 Å². The third-order valence-electron chi connectivity index (χ3n) is 6.76. The van der Waals surface area contributed by atoms with Gasteiger partial charge in [-0.2, -0.15) is 0 Å². The summed E-state index contributed by atoms with van der Waals surface area (Å²) in [7, 11) is 4.12. The molecule has 1 heterocycles. The predicted octanol–water partition coefficient (Wildman–Crippen LogP) is 5.20. The van der Waals surface area contributed by atoms with Gasteiger partial charge in [-0.15, -0.1) is 20.6 Å². The molecule has 4 N–H and O–H groups in total. The molecule has 2 atom stereocenters. The lowest BCUT2D eigenvalue weighted by molar-refractivity contribution is -0.151. The van der Waals surface area contributed by atoms with E-state index in [2.05, 4.69) is 46.5 Å². The van der Waals surface area contributed by atoms with Crippen LogP contribution < -0.4 is 21.9 Å². The van der Waals surface area contributed by atoms with Gasteiger partial charge in [-0.3, -0.25) is 4.79 Å². The number of ether oxygens (including phenoxy) is 2. The van der Waals surface area contributed by atoms with Crippen molar-refractivity contribution < 1.29 is 14.3 Å². The van der Waals surface area contributed by atoms with E-state index in [1.807, 2.05) is 39.8 Å². The van der Waals surface area contributed by atoms with Gasteiger partial charge in [0, 0.05) is 22.2 Å². The Kier molecular flexibility index (Phi) is 9.18. The van der Waals surface area contributed by atoms with Crippen LogP contribution in [-0.2, 0) is 27.5 Å². The van der Waals surface area contributed by atoms with Crippen molar-refractivity contribution in [3.8, 4) is 0 Å². The van der Waals surface area contributed by atoms with Crippen molar-refractivity contribution in [2.75, 3.05) is 24.4 Å². The van der Waals surface area contributed by atoms with Gasteiger partial charge >= 0.3 is 5.97 Å². The molecular weight excluding hydrogens is 489 g/mol. The lowest BCUT2D eigenvalue weighted by Crippen LogP contribution is -2.34. The summed E-state index contributed by atoms with van der Waals surface area (Å²) in [4.78, 5) is 15.2. The Morgan fingerprint density at radius 2 is 1.81 bits per heavy atom. The van der Waals surface area contributed by atoms with E-state index >= 15 is 0 Å². The summed E-state index contributed by atoms with van der Waals surface area (Å²) < 4.78 is 11.3. The van der Waals surface area contributed by atoms with E-state index in [-0.39, 0.29) is 11.9 Å². The molecule has 0 aliphatic rings. The number of nitrogen functional groups attached to an aromatic ring is 1. The Balaban J connectivity index is 1.97. The zero-order valence-electron chi connectivity index (χ0n) is 22.1. The lowest BCUT2D eigenvalue weighted by atomic mass is 9.72. The number of esters is 1. The van der Waals surface area contributed by atoms with Crippen molar-refractivity contribution in [1.82, 2.24) is 0 Å². The summed E-state index contributed by atoms with van der Waals surface area (Å²) in [5.41, 5.74) is 11.3. The highest BCUT2D eigenvalue weighted by molar-refractivity contribution is 7.27. The third-order valence-corrected chi connectivity index (χ3v) is 8.30. The van der Waals surface area contributed by atoms with E-state index < -0.39 is 5.41 Å². The topological polar surface area (TPSA) is 90.8 Å². The first-order chi connectivity index (χ1) is 17.0. The fourth-order valence-corrected chi connectivity index (χ4v) is 6.00. The highest BCUT2D eigenvalue weighted by Crippen LogP contribution is 2.47. The van der Waals surface area contributed by atoms with E-state index in [0.29, 0.717) is 25.4 Å². The summed E-state index contributed by atoms with van der Waals surface area (Å²) in [6.45, 7) is 11.6. The first kappa shape index (κ1) is 28.1. The van der Waals surface area contributed by atoms with Gasteiger partial charge < -0.3 is 20.2 Å². The highest BCUT2D eigenvalue weighted by atomic mass is 32.1. The summed E-state index contributed by atoms with van der Waals surface area (Å²) in [5, 5.41) is 2.78. The summed E-state index contributed by atoms with van der Waals surface area (Å²) in [5.74, 6) is 5.62. The molecule has 2 unspecified atom stereocenters. The monoisotopic (exact) mass is 527 g/mol. The Labute approximate surface area is 221 Å². The first-order valence-corrected chi connectivity index (χ1v) is 13.4. The molecule has 3 aromatic rings. The first-order valence-electron chi connectivity index (χ1n) is 12.0. The minimum Gasteiger partial charge on any atom is -0.469 e. The SMILES string of the molecule is CCN(N)c1ccc(C(c2cc(COCc3ccc(P)cc3)c(C)s2)C(C)(C)C(=O)OC)c(C)c1N. The molecule has 0 spiro atoms. The molecule has 194 valence electrons. The minimum absolute atomic E-state index is 0.249. The van der Waals surface area contributed by atoms with Gasteiger partial charge in [0.25, 0.3) is 0 Å². The largest absolute Gasteiger partial charge is 0.469 e. The standard InChI is InChI=1S/C28H38N3O3PS/c1-7-31(30)23-13-12-22(17(2)26(23)29)25(28(4,5)27(32)33-6)24-14-20(18(3)36-24)16-34-15-19-8-10-21(35)11-9-19/h8-14,25H,7,15-16,29-30,35H2,1-6H3. The number of benzene rings is 2. The molecule has 0 radical (unpaired) electrons. The second-order valence-electron chi connectivity index (χ2n) is 9.61. The minimum atomic E-state index is -0.823. The number of rotatable bonds is 10. The number of aryl methyl sites for hydroxylation is 1. The van der Waals surface area contributed by atoms with Crippen molar-refractivity contribution in [1.29, 1.82) is 0 Å². The maximum absolute atomic E-state index is 13.0. The molecule has 6 nitrogen and oxygen atoms in total. The van der Waals surface area contributed by atoms with Crippen molar-refractivity contribution in [3.05, 3.63) is 74.5 Å². The zero-order valence-corrected chi connectivity index (χ0v) is 24.0. The molecule has 3 rings (SSSR count). The van der Waals surface area contributed by atoms with Crippen molar-refractivity contribution in [3.63, 3.8) is 0 Å². The van der Waals surface area contributed by atoms with Crippen LogP contribution in [-0.4, -0.2) is 19.6 Å². The number of hydrogen-bond donors (Lipinski definition) is 2. The average Bonchev–Trinajstić information content (AvgIpc) is 3.21. The number of carbonyl (C=O) groups is 1. The molecule has 0 bridgehead atoms. The smallest absolute Gasteiger partial charge is 0.312 e. The van der Waals surface area contributed by atoms with Crippen molar-refractivity contribution in [2.24, 2.45) is 11.3 Å². The van der Waals surface area contributed by atoms with Gasteiger partial charge in [0.1, 0.15) is 0 Å². The maximum Gasteiger partial charge on any atom is 0.312 e. The van der Waals surface area contributed by atoms with Gasteiger partial charge in [0.05, 0.1) is 37.1 Å². The molecule has 0 aliphatic heterocycles. The number of thiophene rings is 1. The normalized spacial score (nSPS) is 12.4. The quantitative estimate of drug-likeness (QED) is 0.124. The lowest BCUT2D eigenvalue weighted by Gasteiger charge is -2.33. The Hall–Kier alpha value is -2.44. The van der Waals surface area contributed by atoms with E-state index in [4.69, 9.17) is 21.1 Å². The van der Waals surface area contributed by atoms with E-state index in [1.54, 1.807) is 16.3 Å². The predicted molar refractivity (Wildman–Crippen MR) is 154 cm³/mol. The molecule has 1 aromatic heterocycles. The van der Waals surface area contributed by atoms with Crippen LogP contribution in [0.5, 0.6) is 0 Å². The second kappa shape index (κ2) is 11.7. The van der Waals surface area contributed by atoms with Crippen molar-refractivity contribution >= 4 is 43.2 Å². The summed E-state index contributed by atoms with van der Waals surface area (Å²) in [6, 6.07) is 14.4. The molecule has 0 aliphatic carbocycles. The molecule has 0 amide bonds. The van der Waals surface area contributed by atoms with Crippen LogP contribution in [0.2, 0.25) is 0 Å². The fourth-order valence-electron chi connectivity index (χ4n) is 4.47. The van der Waals surface area contributed by atoms with Crippen LogP contribution in [0.1, 0.15) is 58.7 Å². The highest BCUT2D eigenvalue weighted by Gasteiger charge is 2.42. The zero-order chi connectivity index (χ0) is 26.6. The molecule has 0 fully saturated rings. The number of carbonyl (C=O) groups excluding carboxylic acids is 1. The van der Waals surface area contributed by atoms with Gasteiger partial charge in [0.15, 0.2) is 0 Å². The summed E-state index contributed by atoms with van der Waals surface area (Å²) in [6.07, 6.45) is 0. The molecule has 0 saturated heterocycles. The molecular formula is C28H38N3O3PS. The molecule has 2 aromatic carbocycles. The van der Waals surface area contributed by atoms with Crippen LogP contribution in [0.25, 0.3) is 0 Å². The Morgan fingerprint density at radius 1 is 1.14 bits per heavy atom. The molecule has 36 heavy (non-hydrogen) atoms. The van der Waals surface area contributed by atoms with E-state index in [1.165, 1.54) is 7.11 Å². The Morgan fingerprint density at radius 3 is 2.42 bits per heavy atom. The average molecular weight is 528 g/mol. The van der Waals surface area contributed by atoms with Crippen LogP contribution in [0, 0.1) is 19.3 Å². The van der Waals surface area contributed by atoms with Crippen LogP contribution >= 0.6 is 20.6 Å². The maximum atomic E-state index is 13.0. The van der Waals surface area contributed by atoms with E-state index in [0.717, 1.165) is 43.0 Å². The number of nitrogens with zero attached hydrogens (tertiary/aromatic N) is 1. The molecule has 8 heteroatoms.